The van der Waals surface area contributed by atoms with Gasteiger partial charge in [0.1, 0.15) is 9.88 Å². The lowest BCUT2D eigenvalue weighted by Crippen LogP contribution is -2.16. The Balaban J connectivity index is 2.29. The molecule has 0 fully saturated rings. The van der Waals surface area contributed by atoms with Crippen LogP contribution in [-0.4, -0.2) is 31.1 Å². The molecule has 9 heteroatoms. The Morgan fingerprint density at radius 3 is 2.31 bits per heavy atom. The number of carbonyl (C=O) groups is 3. The van der Waals surface area contributed by atoms with Crippen LogP contribution in [0.25, 0.3) is 0 Å². The molecular formula is C17H18ClNO5S2. The van der Waals surface area contributed by atoms with Gasteiger partial charge in [-0.1, -0.05) is 11.6 Å². The number of thiophene rings is 2. The lowest BCUT2D eigenvalue weighted by Gasteiger charge is -2.06. The van der Waals surface area contributed by atoms with E-state index >= 15 is 0 Å². The van der Waals surface area contributed by atoms with Gasteiger partial charge in [-0.25, -0.2) is 9.59 Å². The van der Waals surface area contributed by atoms with Crippen molar-refractivity contribution < 1.29 is 23.9 Å². The summed E-state index contributed by atoms with van der Waals surface area (Å²) in [5.41, 5.74) is 0.610. The summed E-state index contributed by atoms with van der Waals surface area (Å²) in [5.74, 6) is -1.44. The van der Waals surface area contributed by atoms with Gasteiger partial charge in [0.15, 0.2) is 0 Å². The highest BCUT2D eigenvalue weighted by Crippen LogP contribution is 2.34. The monoisotopic (exact) mass is 415 g/mol. The van der Waals surface area contributed by atoms with E-state index in [1.54, 1.807) is 32.9 Å². The molecule has 1 N–H and O–H groups in total. The van der Waals surface area contributed by atoms with Gasteiger partial charge in [-0.2, -0.15) is 0 Å². The molecule has 26 heavy (non-hydrogen) atoms. The molecule has 0 aliphatic carbocycles. The minimum Gasteiger partial charge on any atom is -0.462 e. The number of halogens is 1. The normalized spacial score (nSPS) is 10.5. The zero-order valence-corrected chi connectivity index (χ0v) is 16.9. The molecule has 2 heterocycles. The number of esters is 2. The minimum atomic E-state index is -0.591. The van der Waals surface area contributed by atoms with Crippen LogP contribution in [0.1, 0.15) is 44.3 Å². The fraction of sp³-hybridized carbons (Fsp3) is 0.353. The van der Waals surface area contributed by atoms with Crippen LogP contribution in [0.15, 0.2) is 12.1 Å². The standard InChI is InChI=1S/C17H18ClNO5S2/c1-4-23-16(21)13-9(3)14(17(22)24-5-2)26-15(13)19-12(20)8-10-6-7-11(18)25-10/h6-7H,4-5,8H2,1-3H3,(H,19,20). The van der Waals surface area contributed by atoms with Crippen molar-refractivity contribution in [2.24, 2.45) is 0 Å². The quantitative estimate of drug-likeness (QED) is 0.681. The maximum Gasteiger partial charge on any atom is 0.348 e. The summed E-state index contributed by atoms with van der Waals surface area (Å²) >= 11 is 8.18. The third kappa shape index (κ3) is 4.84. The average molecular weight is 416 g/mol. The van der Waals surface area contributed by atoms with E-state index in [-0.39, 0.29) is 41.0 Å². The number of nitrogens with one attached hydrogen (secondary N) is 1. The molecule has 0 radical (unpaired) electrons. The van der Waals surface area contributed by atoms with E-state index in [0.717, 1.165) is 16.2 Å². The number of anilines is 1. The third-order valence-corrected chi connectivity index (χ3v) is 5.72. The molecule has 0 aromatic carbocycles. The van der Waals surface area contributed by atoms with Crippen LogP contribution >= 0.6 is 34.3 Å². The molecular weight excluding hydrogens is 398 g/mol. The summed E-state index contributed by atoms with van der Waals surface area (Å²) in [6.45, 7) is 5.41. The number of hydrogen-bond acceptors (Lipinski definition) is 7. The predicted octanol–water partition coefficient (Wildman–Crippen LogP) is 4.31. The van der Waals surface area contributed by atoms with E-state index in [9.17, 15) is 14.4 Å². The molecule has 2 aromatic rings. The first-order chi connectivity index (χ1) is 12.4. The van der Waals surface area contributed by atoms with Gasteiger partial charge in [0.25, 0.3) is 0 Å². The molecule has 0 atom stereocenters. The fourth-order valence-electron chi connectivity index (χ4n) is 2.22. The molecule has 2 aromatic heterocycles. The van der Waals surface area contributed by atoms with Crippen LogP contribution in [-0.2, 0) is 20.7 Å². The topological polar surface area (TPSA) is 81.7 Å². The molecule has 0 spiro atoms. The summed E-state index contributed by atoms with van der Waals surface area (Å²) in [4.78, 5) is 37.8. The summed E-state index contributed by atoms with van der Waals surface area (Å²) in [6, 6.07) is 3.48. The zero-order valence-electron chi connectivity index (χ0n) is 14.5. The van der Waals surface area contributed by atoms with Gasteiger partial charge < -0.3 is 14.8 Å². The molecule has 1 amide bonds. The molecule has 0 aliphatic rings. The molecule has 140 valence electrons. The van der Waals surface area contributed by atoms with Gasteiger partial charge >= 0.3 is 11.9 Å². The molecule has 6 nitrogen and oxygen atoms in total. The van der Waals surface area contributed by atoms with E-state index in [1.807, 2.05) is 0 Å². The van der Waals surface area contributed by atoms with Crippen molar-refractivity contribution in [3.63, 3.8) is 0 Å². The summed E-state index contributed by atoms with van der Waals surface area (Å²) in [5, 5.41) is 2.98. The van der Waals surface area contributed by atoms with Gasteiger partial charge in [0.2, 0.25) is 5.91 Å². The van der Waals surface area contributed by atoms with Gasteiger partial charge in [0, 0.05) is 4.88 Å². The SMILES string of the molecule is CCOC(=O)c1sc(NC(=O)Cc2ccc(Cl)s2)c(C(=O)OCC)c1C. The molecule has 2 rings (SSSR count). The van der Waals surface area contributed by atoms with Crippen molar-refractivity contribution in [1.82, 2.24) is 0 Å². The molecule has 0 saturated heterocycles. The van der Waals surface area contributed by atoms with Crippen LogP contribution < -0.4 is 5.32 Å². The predicted molar refractivity (Wildman–Crippen MR) is 103 cm³/mol. The van der Waals surface area contributed by atoms with Crippen molar-refractivity contribution in [3.05, 3.63) is 37.4 Å². The van der Waals surface area contributed by atoms with Crippen LogP contribution in [0.4, 0.5) is 5.00 Å². The third-order valence-electron chi connectivity index (χ3n) is 3.30. The van der Waals surface area contributed by atoms with Crippen LogP contribution in [0.3, 0.4) is 0 Å². The summed E-state index contributed by atoms with van der Waals surface area (Å²) < 4.78 is 10.7. The van der Waals surface area contributed by atoms with Gasteiger partial charge in [-0.05, 0) is 38.5 Å². The van der Waals surface area contributed by atoms with Gasteiger partial charge in [0.05, 0.1) is 29.5 Å². The van der Waals surface area contributed by atoms with E-state index in [2.05, 4.69) is 5.32 Å². The van der Waals surface area contributed by atoms with Gasteiger partial charge in [-0.15, -0.1) is 22.7 Å². The maximum absolute atomic E-state index is 12.3. The Morgan fingerprint density at radius 2 is 1.73 bits per heavy atom. The van der Waals surface area contributed by atoms with E-state index in [4.69, 9.17) is 21.1 Å². The van der Waals surface area contributed by atoms with Crippen LogP contribution in [0.5, 0.6) is 0 Å². The first kappa shape index (κ1) is 20.4. The number of carbonyl (C=O) groups excluding carboxylic acids is 3. The highest BCUT2D eigenvalue weighted by Gasteiger charge is 2.27. The van der Waals surface area contributed by atoms with E-state index in [0.29, 0.717) is 9.90 Å². The van der Waals surface area contributed by atoms with Crippen molar-refractivity contribution in [2.75, 3.05) is 18.5 Å². The second kappa shape index (κ2) is 9.16. The highest BCUT2D eigenvalue weighted by atomic mass is 35.5. The Labute approximate surface area is 164 Å². The van der Waals surface area contributed by atoms with E-state index in [1.165, 1.54) is 11.3 Å². The Kier molecular flexibility index (Phi) is 7.19. The van der Waals surface area contributed by atoms with Gasteiger partial charge in [-0.3, -0.25) is 4.79 Å². The minimum absolute atomic E-state index is 0.116. The second-order valence-electron chi connectivity index (χ2n) is 5.13. The zero-order chi connectivity index (χ0) is 19.3. The van der Waals surface area contributed by atoms with Crippen molar-refractivity contribution >= 4 is 57.1 Å². The lowest BCUT2D eigenvalue weighted by atomic mass is 10.1. The second-order valence-corrected chi connectivity index (χ2v) is 7.95. The van der Waals surface area contributed by atoms with Crippen LogP contribution in [0, 0.1) is 6.92 Å². The first-order valence-corrected chi connectivity index (χ1v) is 9.90. The molecule has 0 bridgehead atoms. The molecule has 0 saturated carbocycles. The fourth-order valence-corrected chi connectivity index (χ4v) is 4.41. The van der Waals surface area contributed by atoms with Crippen molar-refractivity contribution in [3.8, 4) is 0 Å². The number of amides is 1. The first-order valence-electron chi connectivity index (χ1n) is 7.89. The highest BCUT2D eigenvalue weighted by molar-refractivity contribution is 7.18. The lowest BCUT2D eigenvalue weighted by molar-refractivity contribution is -0.115. The average Bonchev–Trinajstić information content (AvgIpc) is 3.11. The smallest absolute Gasteiger partial charge is 0.348 e. The van der Waals surface area contributed by atoms with Crippen molar-refractivity contribution in [1.29, 1.82) is 0 Å². The Morgan fingerprint density at radius 1 is 1.08 bits per heavy atom. The van der Waals surface area contributed by atoms with Crippen molar-refractivity contribution in [2.45, 2.75) is 27.2 Å². The number of ether oxygens (including phenoxy) is 2. The Hall–Kier alpha value is -1.90. The summed E-state index contributed by atoms with van der Waals surface area (Å²) in [7, 11) is 0. The molecule has 0 aliphatic heterocycles. The maximum atomic E-state index is 12.3. The number of hydrogen-bond donors (Lipinski definition) is 1. The molecule has 0 unspecified atom stereocenters. The van der Waals surface area contributed by atoms with Crippen LogP contribution in [0.2, 0.25) is 4.34 Å². The number of rotatable bonds is 7. The largest absolute Gasteiger partial charge is 0.462 e. The van der Waals surface area contributed by atoms with E-state index < -0.39 is 11.9 Å². The summed E-state index contributed by atoms with van der Waals surface area (Å²) in [6.07, 6.45) is 0.116. The Bertz CT molecular complexity index is 827.